The zero-order valence-corrected chi connectivity index (χ0v) is 14.2. The van der Waals surface area contributed by atoms with Crippen LogP contribution in [-0.4, -0.2) is 13.4 Å². The van der Waals surface area contributed by atoms with E-state index in [4.69, 9.17) is 11.6 Å². The van der Waals surface area contributed by atoms with Gasteiger partial charge < -0.3 is 0 Å². The third-order valence-electron chi connectivity index (χ3n) is 3.37. The van der Waals surface area contributed by atoms with E-state index in [1.807, 2.05) is 6.07 Å². The molecule has 1 N–H and O–H groups in total. The van der Waals surface area contributed by atoms with E-state index in [0.29, 0.717) is 16.7 Å². The van der Waals surface area contributed by atoms with Crippen molar-refractivity contribution in [2.24, 2.45) is 0 Å². The molecule has 3 aromatic rings. The smallest absolute Gasteiger partial charge is 0.263 e. The number of sulfonamides is 1. The predicted molar refractivity (Wildman–Crippen MR) is 91.8 cm³/mol. The van der Waals surface area contributed by atoms with E-state index in [-0.39, 0.29) is 5.82 Å². The average molecular weight is 381 g/mol. The summed E-state index contributed by atoms with van der Waals surface area (Å²) in [6, 6.07) is 12.4. The molecule has 0 amide bonds. The molecule has 0 radical (unpaired) electrons. The maximum absolute atomic E-state index is 13.7. The second-order valence-electron chi connectivity index (χ2n) is 5.09. The van der Waals surface area contributed by atoms with Crippen LogP contribution in [0.1, 0.15) is 0 Å². The van der Waals surface area contributed by atoms with E-state index >= 15 is 0 Å². The van der Waals surface area contributed by atoms with Crippen molar-refractivity contribution in [1.29, 1.82) is 0 Å². The standard InChI is InChI=1S/C17H11ClF2N2O2S/c18-14-4-2-1-3-13(14)11-5-8-17(21-10-11)22-25(23,24)16-7-6-12(19)9-15(16)20/h1-10H,(H,21,22). The summed E-state index contributed by atoms with van der Waals surface area (Å²) in [6.07, 6.45) is 1.44. The summed E-state index contributed by atoms with van der Waals surface area (Å²) < 4.78 is 53.2. The van der Waals surface area contributed by atoms with E-state index < -0.39 is 26.6 Å². The Morgan fingerprint density at radius 2 is 1.76 bits per heavy atom. The number of anilines is 1. The van der Waals surface area contributed by atoms with Gasteiger partial charge in [0.15, 0.2) is 0 Å². The van der Waals surface area contributed by atoms with Crippen LogP contribution >= 0.6 is 11.6 Å². The van der Waals surface area contributed by atoms with Crippen LogP contribution in [0.4, 0.5) is 14.6 Å². The minimum absolute atomic E-state index is 0.000437. The molecule has 0 fully saturated rings. The average Bonchev–Trinajstić information content (AvgIpc) is 2.55. The fourth-order valence-corrected chi connectivity index (χ4v) is 3.51. The van der Waals surface area contributed by atoms with Crippen LogP contribution in [0.5, 0.6) is 0 Å². The number of nitrogens with one attached hydrogen (secondary N) is 1. The fraction of sp³-hybridized carbons (Fsp3) is 0. The molecule has 128 valence electrons. The molecule has 4 nitrogen and oxygen atoms in total. The first kappa shape index (κ1) is 17.3. The van der Waals surface area contributed by atoms with Crippen molar-refractivity contribution in [3.05, 3.63) is 77.5 Å². The molecule has 2 aromatic carbocycles. The summed E-state index contributed by atoms with van der Waals surface area (Å²) in [7, 11) is -4.23. The van der Waals surface area contributed by atoms with Gasteiger partial charge in [-0.05, 0) is 30.3 Å². The number of hydrogen-bond donors (Lipinski definition) is 1. The van der Waals surface area contributed by atoms with Crippen LogP contribution in [0.25, 0.3) is 11.1 Å². The topological polar surface area (TPSA) is 59.1 Å². The molecule has 0 unspecified atom stereocenters. The van der Waals surface area contributed by atoms with Crippen molar-refractivity contribution in [2.45, 2.75) is 4.90 Å². The lowest BCUT2D eigenvalue weighted by Crippen LogP contribution is -2.15. The van der Waals surface area contributed by atoms with E-state index in [1.54, 1.807) is 24.3 Å². The molecule has 1 heterocycles. The highest BCUT2D eigenvalue weighted by molar-refractivity contribution is 7.92. The van der Waals surface area contributed by atoms with Gasteiger partial charge in [0.2, 0.25) is 0 Å². The Labute approximate surface area is 148 Å². The SMILES string of the molecule is O=S(=O)(Nc1ccc(-c2ccccc2Cl)cn1)c1ccc(F)cc1F. The molecule has 0 aliphatic carbocycles. The molecule has 0 atom stereocenters. The summed E-state index contributed by atoms with van der Waals surface area (Å²) in [6.45, 7) is 0. The van der Waals surface area contributed by atoms with Crippen molar-refractivity contribution in [2.75, 3.05) is 4.72 Å². The maximum Gasteiger partial charge on any atom is 0.265 e. The van der Waals surface area contributed by atoms with Gasteiger partial charge in [0.25, 0.3) is 10.0 Å². The van der Waals surface area contributed by atoms with Crippen LogP contribution in [0.15, 0.2) is 65.7 Å². The normalized spacial score (nSPS) is 11.3. The van der Waals surface area contributed by atoms with Crippen molar-refractivity contribution in [3.8, 4) is 11.1 Å². The lowest BCUT2D eigenvalue weighted by molar-refractivity contribution is 0.551. The summed E-state index contributed by atoms with van der Waals surface area (Å²) >= 11 is 6.10. The molecular formula is C17H11ClF2N2O2S. The highest BCUT2D eigenvalue weighted by Gasteiger charge is 2.20. The number of benzene rings is 2. The first-order chi connectivity index (χ1) is 11.9. The van der Waals surface area contributed by atoms with Gasteiger partial charge in [-0.3, -0.25) is 4.72 Å². The Hall–Kier alpha value is -2.51. The number of pyridine rings is 1. The lowest BCUT2D eigenvalue weighted by Gasteiger charge is -2.09. The molecule has 0 aliphatic rings. The third-order valence-corrected chi connectivity index (χ3v) is 5.09. The number of nitrogens with zero attached hydrogens (tertiary/aromatic N) is 1. The molecule has 8 heteroatoms. The number of halogens is 3. The van der Waals surface area contributed by atoms with Gasteiger partial charge in [-0.1, -0.05) is 29.8 Å². The highest BCUT2D eigenvalue weighted by atomic mass is 35.5. The fourth-order valence-electron chi connectivity index (χ4n) is 2.19. The van der Waals surface area contributed by atoms with Gasteiger partial charge in [0, 0.05) is 28.4 Å². The monoisotopic (exact) mass is 380 g/mol. The Morgan fingerprint density at radius 3 is 2.40 bits per heavy atom. The number of aromatic nitrogens is 1. The molecule has 0 aliphatic heterocycles. The Kier molecular flexibility index (Phi) is 4.69. The van der Waals surface area contributed by atoms with Crippen LogP contribution < -0.4 is 4.72 Å². The van der Waals surface area contributed by atoms with Crippen LogP contribution in [0, 0.1) is 11.6 Å². The Balaban J connectivity index is 1.87. The van der Waals surface area contributed by atoms with Gasteiger partial charge in [-0.25, -0.2) is 22.2 Å². The van der Waals surface area contributed by atoms with E-state index in [1.165, 1.54) is 12.3 Å². The molecule has 3 rings (SSSR count). The first-order valence-corrected chi connectivity index (χ1v) is 8.92. The molecular weight excluding hydrogens is 370 g/mol. The molecule has 0 saturated heterocycles. The minimum Gasteiger partial charge on any atom is -0.263 e. The lowest BCUT2D eigenvalue weighted by atomic mass is 10.1. The number of rotatable bonds is 4. The Bertz CT molecular complexity index is 1030. The quantitative estimate of drug-likeness (QED) is 0.726. The summed E-state index contributed by atoms with van der Waals surface area (Å²) in [5.74, 6) is -2.04. The van der Waals surface area contributed by atoms with Crippen molar-refractivity contribution in [3.63, 3.8) is 0 Å². The van der Waals surface area contributed by atoms with Crippen molar-refractivity contribution < 1.29 is 17.2 Å². The van der Waals surface area contributed by atoms with Gasteiger partial charge in [0.1, 0.15) is 22.3 Å². The van der Waals surface area contributed by atoms with E-state index in [0.717, 1.165) is 17.7 Å². The molecule has 0 spiro atoms. The number of hydrogen-bond acceptors (Lipinski definition) is 3. The molecule has 0 bridgehead atoms. The van der Waals surface area contributed by atoms with Gasteiger partial charge in [-0.2, -0.15) is 0 Å². The second kappa shape index (κ2) is 6.78. The second-order valence-corrected chi connectivity index (χ2v) is 7.15. The predicted octanol–water partition coefficient (Wildman–Crippen LogP) is 4.48. The summed E-state index contributed by atoms with van der Waals surface area (Å²) in [4.78, 5) is 3.35. The largest absolute Gasteiger partial charge is 0.265 e. The van der Waals surface area contributed by atoms with Gasteiger partial charge in [0.05, 0.1) is 0 Å². The Morgan fingerprint density at radius 1 is 1.00 bits per heavy atom. The van der Waals surface area contributed by atoms with Crippen LogP contribution in [0.2, 0.25) is 5.02 Å². The maximum atomic E-state index is 13.7. The van der Waals surface area contributed by atoms with Crippen molar-refractivity contribution >= 4 is 27.4 Å². The minimum atomic E-state index is -4.23. The molecule has 1 aromatic heterocycles. The summed E-state index contributed by atoms with van der Waals surface area (Å²) in [5, 5.41) is 0.533. The molecule has 25 heavy (non-hydrogen) atoms. The highest BCUT2D eigenvalue weighted by Crippen LogP contribution is 2.27. The van der Waals surface area contributed by atoms with Gasteiger partial charge in [-0.15, -0.1) is 0 Å². The van der Waals surface area contributed by atoms with Crippen LogP contribution in [0.3, 0.4) is 0 Å². The first-order valence-electron chi connectivity index (χ1n) is 7.06. The zero-order valence-electron chi connectivity index (χ0n) is 12.6. The summed E-state index contributed by atoms with van der Waals surface area (Å²) in [5.41, 5.74) is 1.44. The third kappa shape index (κ3) is 3.78. The van der Waals surface area contributed by atoms with Crippen molar-refractivity contribution in [1.82, 2.24) is 4.98 Å². The van der Waals surface area contributed by atoms with E-state index in [9.17, 15) is 17.2 Å². The zero-order chi connectivity index (χ0) is 18.0. The van der Waals surface area contributed by atoms with E-state index in [2.05, 4.69) is 9.71 Å². The van der Waals surface area contributed by atoms with Gasteiger partial charge >= 0.3 is 0 Å². The molecule has 0 saturated carbocycles. The van der Waals surface area contributed by atoms with Crippen LogP contribution in [-0.2, 0) is 10.0 Å².